The number of hydrogen-bond acceptors (Lipinski definition) is 6. The van der Waals surface area contributed by atoms with E-state index < -0.39 is 6.43 Å². The van der Waals surface area contributed by atoms with Crippen molar-refractivity contribution in [3.05, 3.63) is 35.4 Å². The molecule has 4 rings (SSSR count). The van der Waals surface area contributed by atoms with Crippen molar-refractivity contribution in [1.82, 2.24) is 19.9 Å². The number of oxazole rings is 1. The van der Waals surface area contributed by atoms with Crippen LogP contribution in [0.3, 0.4) is 0 Å². The SMILES string of the molecule is CC(C)c1ocnc1CN1CCN(c2cc(C(F)F)nc(C3CC3)n2)CC1. The molecule has 0 N–H and O–H groups in total. The lowest BCUT2D eigenvalue weighted by atomic mass is 10.1. The van der Waals surface area contributed by atoms with Crippen LogP contribution in [0.1, 0.15) is 67.9 Å². The predicted octanol–water partition coefficient (Wildman–Crippen LogP) is 3.73. The molecule has 0 radical (unpaired) electrons. The fraction of sp³-hybridized carbons (Fsp3) is 0.632. The highest BCUT2D eigenvalue weighted by atomic mass is 19.3. The molecule has 3 heterocycles. The third-order valence-electron chi connectivity index (χ3n) is 5.18. The topological polar surface area (TPSA) is 58.3 Å². The van der Waals surface area contributed by atoms with Crippen molar-refractivity contribution >= 4 is 5.82 Å². The van der Waals surface area contributed by atoms with Gasteiger partial charge in [-0.2, -0.15) is 0 Å². The molecule has 0 bridgehead atoms. The zero-order valence-corrected chi connectivity index (χ0v) is 15.7. The molecule has 6 nitrogen and oxygen atoms in total. The molecule has 1 aliphatic carbocycles. The molecular formula is C19H25F2N5O. The van der Waals surface area contributed by atoms with Crippen LogP contribution in [0, 0.1) is 0 Å². The molecule has 1 aliphatic heterocycles. The van der Waals surface area contributed by atoms with E-state index in [9.17, 15) is 8.78 Å². The highest BCUT2D eigenvalue weighted by Crippen LogP contribution is 2.39. The van der Waals surface area contributed by atoms with Crippen LogP contribution in [-0.4, -0.2) is 46.0 Å². The molecule has 0 spiro atoms. The first kappa shape index (κ1) is 18.3. The first-order valence-corrected chi connectivity index (χ1v) is 9.58. The molecule has 1 saturated heterocycles. The standard InChI is InChI=1S/C19H25F2N5O/c1-12(2)17-15(22-11-27-17)10-25-5-7-26(8-6-25)16-9-14(18(20)21)23-19(24-16)13-3-4-13/h9,11-13,18H,3-8,10H2,1-2H3. The summed E-state index contributed by atoms with van der Waals surface area (Å²) >= 11 is 0. The second-order valence-corrected chi connectivity index (χ2v) is 7.67. The minimum absolute atomic E-state index is 0.159. The maximum absolute atomic E-state index is 13.2. The summed E-state index contributed by atoms with van der Waals surface area (Å²) in [6.45, 7) is 8.09. The van der Waals surface area contributed by atoms with E-state index in [4.69, 9.17) is 4.42 Å². The summed E-state index contributed by atoms with van der Waals surface area (Å²) in [5, 5.41) is 0. The fourth-order valence-electron chi connectivity index (χ4n) is 3.48. The van der Waals surface area contributed by atoms with Gasteiger partial charge in [0.25, 0.3) is 6.43 Å². The van der Waals surface area contributed by atoms with E-state index in [-0.39, 0.29) is 11.6 Å². The van der Waals surface area contributed by atoms with Gasteiger partial charge in [0.2, 0.25) is 0 Å². The number of hydrogen-bond donors (Lipinski definition) is 0. The van der Waals surface area contributed by atoms with Crippen molar-refractivity contribution in [2.75, 3.05) is 31.1 Å². The molecule has 0 amide bonds. The summed E-state index contributed by atoms with van der Waals surface area (Å²) in [5.74, 6) is 2.70. The fourth-order valence-corrected chi connectivity index (χ4v) is 3.48. The number of alkyl halides is 2. The quantitative estimate of drug-likeness (QED) is 0.765. The van der Waals surface area contributed by atoms with E-state index in [0.29, 0.717) is 17.6 Å². The van der Waals surface area contributed by atoms with Crippen molar-refractivity contribution in [2.45, 2.75) is 51.5 Å². The summed E-state index contributed by atoms with van der Waals surface area (Å²) < 4.78 is 31.9. The zero-order valence-electron chi connectivity index (χ0n) is 15.7. The van der Waals surface area contributed by atoms with E-state index in [1.165, 1.54) is 12.5 Å². The van der Waals surface area contributed by atoms with Gasteiger partial charge >= 0.3 is 0 Å². The van der Waals surface area contributed by atoms with Crippen LogP contribution in [0.15, 0.2) is 16.9 Å². The highest BCUT2D eigenvalue weighted by molar-refractivity contribution is 5.41. The van der Waals surface area contributed by atoms with Crippen molar-refractivity contribution < 1.29 is 13.2 Å². The van der Waals surface area contributed by atoms with E-state index in [1.54, 1.807) is 0 Å². The van der Waals surface area contributed by atoms with Crippen molar-refractivity contribution in [3.8, 4) is 0 Å². The van der Waals surface area contributed by atoms with Gasteiger partial charge in [0.1, 0.15) is 23.1 Å². The van der Waals surface area contributed by atoms with E-state index >= 15 is 0 Å². The van der Waals surface area contributed by atoms with Crippen molar-refractivity contribution in [1.29, 1.82) is 0 Å². The first-order valence-electron chi connectivity index (χ1n) is 9.58. The number of halogens is 2. The van der Waals surface area contributed by atoms with Crippen LogP contribution in [0.25, 0.3) is 0 Å². The average molecular weight is 377 g/mol. The molecule has 0 aromatic carbocycles. The Kier molecular flexibility index (Phi) is 5.08. The van der Waals surface area contributed by atoms with E-state index in [2.05, 4.69) is 38.6 Å². The summed E-state index contributed by atoms with van der Waals surface area (Å²) in [5.41, 5.74) is 0.824. The molecule has 2 aromatic rings. The maximum atomic E-state index is 13.2. The number of piperazine rings is 1. The summed E-state index contributed by atoms with van der Waals surface area (Å²) in [7, 11) is 0. The average Bonchev–Trinajstić information content (AvgIpc) is 3.41. The smallest absolute Gasteiger partial charge is 0.280 e. The third-order valence-corrected chi connectivity index (χ3v) is 5.18. The Morgan fingerprint density at radius 2 is 1.89 bits per heavy atom. The van der Waals surface area contributed by atoms with Gasteiger partial charge in [0.05, 0.1) is 5.69 Å². The lowest BCUT2D eigenvalue weighted by molar-refractivity contribution is 0.145. The van der Waals surface area contributed by atoms with Crippen LogP contribution >= 0.6 is 0 Å². The van der Waals surface area contributed by atoms with Crippen LogP contribution in [0.4, 0.5) is 14.6 Å². The number of rotatable bonds is 6. The van der Waals surface area contributed by atoms with Crippen LogP contribution in [0.2, 0.25) is 0 Å². The maximum Gasteiger partial charge on any atom is 0.280 e. The van der Waals surface area contributed by atoms with E-state index in [0.717, 1.165) is 57.0 Å². The summed E-state index contributed by atoms with van der Waals surface area (Å²) in [6, 6.07) is 1.45. The molecule has 146 valence electrons. The highest BCUT2D eigenvalue weighted by Gasteiger charge is 2.30. The number of nitrogens with zero attached hydrogens (tertiary/aromatic N) is 5. The number of aromatic nitrogens is 3. The Labute approximate surface area is 157 Å². The largest absolute Gasteiger partial charge is 0.448 e. The van der Waals surface area contributed by atoms with Gasteiger partial charge in [-0.1, -0.05) is 13.8 Å². The lowest BCUT2D eigenvalue weighted by Gasteiger charge is -2.35. The van der Waals surface area contributed by atoms with Crippen molar-refractivity contribution in [3.63, 3.8) is 0 Å². The Hall–Kier alpha value is -2.09. The molecule has 2 aliphatic rings. The van der Waals surface area contributed by atoms with Crippen molar-refractivity contribution in [2.24, 2.45) is 0 Å². The van der Waals surface area contributed by atoms with Crippen LogP contribution in [0.5, 0.6) is 0 Å². The minimum Gasteiger partial charge on any atom is -0.448 e. The summed E-state index contributed by atoms with van der Waals surface area (Å²) in [4.78, 5) is 17.4. The molecule has 0 atom stereocenters. The molecule has 8 heteroatoms. The van der Waals surface area contributed by atoms with Crippen LogP contribution in [-0.2, 0) is 6.54 Å². The molecule has 2 aromatic heterocycles. The van der Waals surface area contributed by atoms with Gasteiger partial charge in [-0.15, -0.1) is 0 Å². The molecule has 0 unspecified atom stereocenters. The monoisotopic (exact) mass is 377 g/mol. The van der Waals surface area contributed by atoms with Gasteiger partial charge in [-0.25, -0.2) is 23.7 Å². The normalized spacial score (nSPS) is 18.7. The Morgan fingerprint density at radius 1 is 1.15 bits per heavy atom. The molecule has 27 heavy (non-hydrogen) atoms. The van der Waals surface area contributed by atoms with Gasteiger partial charge in [0, 0.05) is 50.6 Å². The minimum atomic E-state index is -2.56. The zero-order chi connectivity index (χ0) is 19.0. The second-order valence-electron chi connectivity index (χ2n) is 7.67. The number of anilines is 1. The third kappa shape index (κ3) is 4.10. The predicted molar refractivity (Wildman–Crippen MR) is 97.0 cm³/mol. The van der Waals surface area contributed by atoms with Gasteiger partial charge in [0.15, 0.2) is 6.39 Å². The Bertz CT molecular complexity index is 762. The molecule has 2 fully saturated rings. The van der Waals surface area contributed by atoms with E-state index in [1.807, 2.05) is 0 Å². The Morgan fingerprint density at radius 3 is 2.52 bits per heavy atom. The lowest BCUT2D eigenvalue weighted by Crippen LogP contribution is -2.46. The van der Waals surface area contributed by atoms with Gasteiger partial charge in [-0.05, 0) is 12.8 Å². The molecule has 1 saturated carbocycles. The Balaban J connectivity index is 1.42. The summed E-state index contributed by atoms with van der Waals surface area (Å²) in [6.07, 6.45) is 0.936. The second kappa shape index (κ2) is 7.50. The molecular weight excluding hydrogens is 352 g/mol. The van der Waals surface area contributed by atoms with Crippen LogP contribution < -0.4 is 4.90 Å². The van der Waals surface area contributed by atoms with Gasteiger partial charge in [-0.3, -0.25) is 4.90 Å². The van der Waals surface area contributed by atoms with Gasteiger partial charge < -0.3 is 9.32 Å². The first-order chi connectivity index (χ1) is 13.0.